The summed E-state index contributed by atoms with van der Waals surface area (Å²) in [7, 11) is 0. The van der Waals surface area contributed by atoms with Gasteiger partial charge in [0.15, 0.2) is 5.76 Å². The van der Waals surface area contributed by atoms with Gasteiger partial charge in [-0.05, 0) is 36.6 Å². The Balaban J connectivity index is 1.74. The van der Waals surface area contributed by atoms with Crippen molar-refractivity contribution in [2.45, 2.75) is 37.6 Å². The van der Waals surface area contributed by atoms with Crippen LogP contribution in [0.25, 0.3) is 0 Å². The number of aliphatic hydroxyl groups excluding tert-OH is 1. The molecule has 0 aliphatic carbocycles. The summed E-state index contributed by atoms with van der Waals surface area (Å²) in [5.41, 5.74) is -0.0363. The third-order valence-electron chi connectivity index (χ3n) is 4.52. The first-order valence-corrected chi connectivity index (χ1v) is 8.96. The van der Waals surface area contributed by atoms with E-state index in [1.807, 2.05) is 0 Å². The number of carbonyl (C=O) groups excluding carboxylic acids is 1. The van der Waals surface area contributed by atoms with Gasteiger partial charge in [0.05, 0.1) is 12.2 Å². The number of nitrogens with zero attached hydrogens (tertiary/aromatic N) is 1. The molecule has 3 rings (SSSR count). The highest BCUT2D eigenvalue weighted by atomic mass is 19.4. The normalized spacial score (nSPS) is 22.2. The second-order valence-electron chi connectivity index (χ2n) is 6.63. The van der Waals surface area contributed by atoms with Crippen LogP contribution >= 0.6 is 0 Å². The van der Waals surface area contributed by atoms with Crippen molar-refractivity contribution in [3.8, 4) is 0 Å². The quantitative estimate of drug-likeness (QED) is 0.579. The van der Waals surface area contributed by atoms with Gasteiger partial charge < -0.3 is 19.5 Å². The van der Waals surface area contributed by atoms with Crippen LogP contribution in [0.3, 0.4) is 0 Å². The van der Waals surface area contributed by atoms with E-state index in [4.69, 9.17) is 14.6 Å². The van der Waals surface area contributed by atoms with Crippen LogP contribution in [-0.4, -0.2) is 48.5 Å². The van der Waals surface area contributed by atoms with E-state index >= 15 is 0 Å². The SMILES string of the molecule is O=C(C1=C[C@H](c2ccc(C(F)(F)F)cc2)C[C@H](OCCCCO)O1)N1CC1. The highest BCUT2D eigenvalue weighted by Gasteiger charge is 2.35. The molecule has 2 atom stereocenters. The summed E-state index contributed by atoms with van der Waals surface area (Å²) in [6.07, 6.45) is -1.72. The van der Waals surface area contributed by atoms with Crippen LogP contribution in [0.5, 0.6) is 0 Å². The van der Waals surface area contributed by atoms with E-state index in [1.165, 1.54) is 12.1 Å². The molecule has 1 aromatic carbocycles. The number of aliphatic hydroxyl groups is 1. The largest absolute Gasteiger partial charge is 0.459 e. The van der Waals surface area contributed by atoms with Crippen molar-refractivity contribution < 1.29 is 32.5 Å². The van der Waals surface area contributed by atoms with Crippen molar-refractivity contribution in [3.63, 3.8) is 0 Å². The molecule has 1 N–H and O–H groups in total. The fourth-order valence-electron chi connectivity index (χ4n) is 2.90. The van der Waals surface area contributed by atoms with E-state index in [1.54, 1.807) is 11.0 Å². The Morgan fingerprint density at radius 2 is 1.93 bits per heavy atom. The fraction of sp³-hybridized carbons (Fsp3) is 0.526. The minimum Gasteiger partial charge on any atom is -0.459 e. The maximum absolute atomic E-state index is 12.8. The number of carbonyl (C=O) groups is 1. The third-order valence-corrected chi connectivity index (χ3v) is 4.52. The van der Waals surface area contributed by atoms with Crippen LogP contribution in [-0.2, 0) is 20.4 Å². The van der Waals surface area contributed by atoms with Gasteiger partial charge in [-0.3, -0.25) is 4.79 Å². The van der Waals surface area contributed by atoms with Crippen LogP contribution in [0.15, 0.2) is 36.1 Å². The second-order valence-corrected chi connectivity index (χ2v) is 6.63. The first kappa shape index (κ1) is 19.7. The average molecular weight is 385 g/mol. The number of benzene rings is 1. The molecule has 0 aromatic heterocycles. The zero-order valence-electron chi connectivity index (χ0n) is 14.7. The third kappa shape index (κ3) is 5.23. The number of alkyl halides is 3. The Morgan fingerprint density at radius 1 is 1.22 bits per heavy atom. The highest BCUT2D eigenvalue weighted by molar-refractivity contribution is 5.93. The summed E-state index contributed by atoms with van der Waals surface area (Å²) in [5.74, 6) is -0.325. The van der Waals surface area contributed by atoms with Gasteiger partial charge in [-0.1, -0.05) is 12.1 Å². The van der Waals surface area contributed by atoms with Crippen molar-refractivity contribution in [2.75, 3.05) is 26.3 Å². The molecule has 0 saturated carbocycles. The molecule has 2 aliphatic heterocycles. The molecule has 1 aromatic rings. The number of unbranched alkanes of at least 4 members (excludes halogenated alkanes) is 1. The molecule has 1 fully saturated rings. The van der Waals surface area contributed by atoms with Crippen molar-refractivity contribution in [1.82, 2.24) is 4.90 Å². The maximum Gasteiger partial charge on any atom is 0.416 e. The van der Waals surface area contributed by atoms with Crippen molar-refractivity contribution in [2.24, 2.45) is 0 Å². The van der Waals surface area contributed by atoms with Crippen molar-refractivity contribution in [1.29, 1.82) is 0 Å². The van der Waals surface area contributed by atoms with Crippen LogP contribution in [0, 0.1) is 0 Å². The second kappa shape index (κ2) is 8.31. The van der Waals surface area contributed by atoms with Gasteiger partial charge in [0.25, 0.3) is 5.91 Å². The lowest BCUT2D eigenvalue weighted by atomic mass is 9.92. The summed E-state index contributed by atoms with van der Waals surface area (Å²) < 4.78 is 49.6. The average Bonchev–Trinajstić information content (AvgIpc) is 3.49. The zero-order chi connectivity index (χ0) is 19.4. The van der Waals surface area contributed by atoms with Gasteiger partial charge >= 0.3 is 6.18 Å². The van der Waals surface area contributed by atoms with E-state index in [9.17, 15) is 18.0 Å². The van der Waals surface area contributed by atoms with Gasteiger partial charge in [-0.25, -0.2) is 0 Å². The zero-order valence-corrected chi connectivity index (χ0v) is 14.7. The summed E-state index contributed by atoms with van der Waals surface area (Å²) in [6.45, 7) is 1.79. The van der Waals surface area contributed by atoms with E-state index in [0.29, 0.717) is 44.5 Å². The molecule has 148 valence electrons. The van der Waals surface area contributed by atoms with Gasteiger partial charge in [0.1, 0.15) is 0 Å². The number of hydrogen-bond donors (Lipinski definition) is 1. The molecule has 27 heavy (non-hydrogen) atoms. The lowest BCUT2D eigenvalue weighted by molar-refractivity contribution is -0.149. The number of hydrogen-bond acceptors (Lipinski definition) is 4. The molecule has 0 spiro atoms. The van der Waals surface area contributed by atoms with E-state index in [0.717, 1.165) is 12.1 Å². The standard InChI is InChI=1S/C19H22F3NO4/c20-19(21,22)15-5-3-13(4-6-15)14-11-16(18(25)23-7-8-23)27-17(12-14)26-10-2-1-9-24/h3-6,11,14,17,24H,1-2,7-10,12H2/t14-,17+/m0/s1. The van der Waals surface area contributed by atoms with E-state index < -0.39 is 18.0 Å². The molecule has 1 saturated heterocycles. The predicted octanol–water partition coefficient (Wildman–Crippen LogP) is 3.05. The maximum atomic E-state index is 12.8. The Morgan fingerprint density at radius 3 is 2.52 bits per heavy atom. The summed E-state index contributed by atoms with van der Waals surface area (Å²) in [4.78, 5) is 14.0. The number of ether oxygens (including phenoxy) is 2. The van der Waals surface area contributed by atoms with Crippen LogP contribution in [0.1, 0.15) is 36.3 Å². The van der Waals surface area contributed by atoms with Crippen molar-refractivity contribution >= 4 is 5.91 Å². The summed E-state index contributed by atoms with van der Waals surface area (Å²) >= 11 is 0. The van der Waals surface area contributed by atoms with Gasteiger partial charge in [-0.15, -0.1) is 0 Å². The molecule has 5 nitrogen and oxygen atoms in total. The molecule has 2 aliphatic rings. The number of allylic oxidation sites excluding steroid dienone is 1. The molecular formula is C19H22F3NO4. The van der Waals surface area contributed by atoms with E-state index in [-0.39, 0.29) is 24.2 Å². The molecule has 0 radical (unpaired) electrons. The Bertz CT molecular complexity index is 683. The summed E-state index contributed by atoms with van der Waals surface area (Å²) in [6, 6.07) is 4.94. The van der Waals surface area contributed by atoms with Crippen LogP contribution < -0.4 is 0 Å². The van der Waals surface area contributed by atoms with Crippen LogP contribution in [0.4, 0.5) is 13.2 Å². The van der Waals surface area contributed by atoms with Gasteiger partial charge in [-0.2, -0.15) is 13.2 Å². The number of amides is 1. The topological polar surface area (TPSA) is 58.8 Å². The lowest BCUT2D eigenvalue weighted by Crippen LogP contribution is -2.29. The molecular weight excluding hydrogens is 363 g/mol. The minimum atomic E-state index is -4.39. The molecule has 8 heteroatoms. The first-order chi connectivity index (χ1) is 12.9. The predicted molar refractivity (Wildman–Crippen MR) is 90.6 cm³/mol. The van der Waals surface area contributed by atoms with Crippen LogP contribution in [0.2, 0.25) is 0 Å². The van der Waals surface area contributed by atoms with E-state index in [2.05, 4.69) is 0 Å². The Hall–Kier alpha value is -2.06. The molecule has 1 amide bonds. The molecule has 0 bridgehead atoms. The van der Waals surface area contributed by atoms with Crippen molar-refractivity contribution in [3.05, 3.63) is 47.2 Å². The highest BCUT2D eigenvalue weighted by Crippen LogP contribution is 2.35. The Labute approximate surface area is 155 Å². The fourth-order valence-corrected chi connectivity index (χ4v) is 2.90. The van der Waals surface area contributed by atoms with Gasteiger partial charge in [0, 0.05) is 32.0 Å². The monoisotopic (exact) mass is 385 g/mol. The molecule has 2 heterocycles. The molecule has 0 unspecified atom stereocenters. The first-order valence-electron chi connectivity index (χ1n) is 8.96. The number of rotatable bonds is 7. The van der Waals surface area contributed by atoms with Gasteiger partial charge in [0.2, 0.25) is 6.29 Å². The minimum absolute atomic E-state index is 0.0711. The number of halogens is 3. The lowest BCUT2D eigenvalue weighted by Gasteiger charge is -2.29. The summed E-state index contributed by atoms with van der Waals surface area (Å²) in [5, 5.41) is 8.83. The smallest absolute Gasteiger partial charge is 0.416 e. The Kier molecular flexibility index (Phi) is 6.06.